The Bertz CT molecular complexity index is 495. The Morgan fingerprint density at radius 1 is 1.24 bits per heavy atom. The Morgan fingerprint density at radius 3 is 2.53 bits per heavy atom. The van der Waals surface area contributed by atoms with E-state index in [9.17, 15) is 8.78 Å². The number of aromatic nitrogens is 2. The van der Waals surface area contributed by atoms with Crippen molar-refractivity contribution in [1.82, 2.24) is 9.97 Å². The van der Waals surface area contributed by atoms with Crippen molar-refractivity contribution in [2.75, 3.05) is 0 Å². The van der Waals surface area contributed by atoms with Gasteiger partial charge < -0.3 is 4.98 Å². The van der Waals surface area contributed by atoms with Gasteiger partial charge in [-0.15, -0.1) is 12.1 Å². The van der Waals surface area contributed by atoms with Crippen LogP contribution in [0.25, 0.3) is 11.3 Å². The fourth-order valence-electron chi connectivity index (χ4n) is 1.47. The van der Waals surface area contributed by atoms with Gasteiger partial charge in [-0.05, 0) is 13.8 Å². The summed E-state index contributed by atoms with van der Waals surface area (Å²) in [5.41, 5.74) is 1.89. The van der Waals surface area contributed by atoms with Crippen LogP contribution in [0.15, 0.2) is 18.3 Å². The molecule has 0 saturated heterocycles. The summed E-state index contributed by atoms with van der Waals surface area (Å²) in [6, 6.07) is 4.42. The Balaban J connectivity index is 0.00000144. The number of rotatable bonds is 1. The Morgan fingerprint density at radius 2 is 1.94 bits per heavy atom. The number of aryl methyl sites for hydroxylation is 2. The number of benzene rings is 1. The van der Waals surface area contributed by atoms with E-state index in [2.05, 4.69) is 16.0 Å². The second kappa shape index (κ2) is 5.43. The van der Waals surface area contributed by atoms with E-state index < -0.39 is 11.6 Å². The predicted octanol–water partition coefficient (Wildman–Crippen LogP) is 2.84. The molecule has 0 aliphatic rings. The van der Waals surface area contributed by atoms with Crippen molar-refractivity contribution in [3.05, 3.63) is 47.4 Å². The van der Waals surface area contributed by atoms with Crippen molar-refractivity contribution >= 4 is 0 Å². The second-order valence-corrected chi connectivity index (χ2v) is 3.49. The molecule has 0 bridgehead atoms. The largest absolute Gasteiger partial charge is 0.301 e. The zero-order valence-electron chi connectivity index (χ0n) is 9.22. The molecule has 1 aromatic heterocycles. The smallest absolute Gasteiger partial charge is 0.0539 e. The quantitative estimate of drug-likeness (QED) is 0.675. The first-order chi connectivity index (χ1) is 7.58. The summed E-state index contributed by atoms with van der Waals surface area (Å²) < 4.78 is 26.2. The van der Waals surface area contributed by atoms with Crippen LogP contribution in [0.2, 0.25) is 0 Å². The SMILES string of the molecule is Cc1cnc(-c2[c-]cc(F)cc2F)c(C)n1.[Ir]. The van der Waals surface area contributed by atoms with Crippen LogP contribution in [0.3, 0.4) is 0 Å². The molecule has 0 N–H and O–H groups in total. The maximum Gasteiger partial charge on any atom is 0.0539 e. The molecule has 5 heteroatoms. The third kappa shape index (κ3) is 2.93. The molecule has 1 heterocycles. The molecule has 0 atom stereocenters. The number of hydrogen-bond acceptors (Lipinski definition) is 2. The molecular weight excluding hydrogens is 402 g/mol. The molecule has 0 spiro atoms. The zero-order valence-corrected chi connectivity index (χ0v) is 11.6. The van der Waals surface area contributed by atoms with Crippen LogP contribution in [-0.4, -0.2) is 9.97 Å². The van der Waals surface area contributed by atoms with Gasteiger partial charge in [0.15, 0.2) is 0 Å². The van der Waals surface area contributed by atoms with Crippen molar-refractivity contribution in [1.29, 1.82) is 0 Å². The Hall–Kier alpha value is -1.19. The zero-order chi connectivity index (χ0) is 11.7. The van der Waals surface area contributed by atoms with Crippen LogP contribution in [0.4, 0.5) is 8.78 Å². The van der Waals surface area contributed by atoms with Crippen LogP contribution < -0.4 is 0 Å². The second-order valence-electron chi connectivity index (χ2n) is 3.49. The topological polar surface area (TPSA) is 25.8 Å². The summed E-state index contributed by atoms with van der Waals surface area (Å²) in [4.78, 5) is 8.25. The van der Waals surface area contributed by atoms with Crippen LogP contribution in [-0.2, 0) is 20.1 Å². The van der Waals surface area contributed by atoms with Crippen LogP contribution >= 0.6 is 0 Å². The molecule has 91 valence electrons. The van der Waals surface area contributed by atoms with Gasteiger partial charge in [-0.1, -0.05) is 11.6 Å². The summed E-state index contributed by atoms with van der Waals surface area (Å²) in [6.07, 6.45) is 1.54. The van der Waals surface area contributed by atoms with Crippen LogP contribution in [0, 0.1) is 31.5 Å². The first-order valence-corrected chi connectivity index (χ1v) is 4.75. The van der Waals surface area contributed by atoms with Crippen LogP contribution in [0.5, 0.6) is 0 Å². The molecule has 0 aliphatic carbocycles. The van der Waals surface area contributed by atoms with Gasteiger partial charge in [-0.25, -0.2) is 0 Å². The summed E-state index contributed by atoms with van der Waals surface area (Å²) in [5, 5.41) is 0. The Labute approximate surface area is 111 Å². The number of hydrogen-bond donors (Lipinski definition) is 0. The van der Waals surface area contributed by atoms with Crippen molar-refractivity contribution in [3.63, 3.8) is 0 Å². The van der Waals surface area contributed by atoms with Gasteiger partial charge in [0, 0.05) is 49.3 Å². The summed E-state index contributed by atoms with van der Waals surface area (Å²) in [5.74, 6) is -1.33. The average Bonchev–Trinajstić information content (AvgIpc) is 2.19. The molecule has 0 amide bonds. The van der Waals surface area contributed by atoms with Crippen molar-refractivity contribution < 1.29 is 28.9 Å². The van der Waals surface area contributed by atoms with E-state index in [0.717, 1.165) is 17.8 Å². The minimum absolute atomic E-state index is 0. The van der Waals surface area contributed by atoms with Crippen molar-refractivity contribution in [2.24, 2.45) is 0 Å². The minimum atomic E-state index is -0.679. The molecular formula is C12H9F2IrN2-. The van der Waals surface area contributed by atoms with Gasteiger partial charge in [0.2, 0.25) is 0 Å². The first kappa shape index (κ1) is 13.9. The fraction of sp³-hybridized carbons (Fsp3) is 0.167. The monoisotopic (exact) mass is 412 g/mol. The first-order valence-electron chi connectivity index (χ1n) is 4.75. The standard InChI is InChI=1S/C12H9F2N2.Ir/c1-7-6-15-12(8(2)16-7)10-4-3-9(13)5-11(10)14;/h3,5-6H,1-2H3;/q-1;. The van der Waals surface area contributed by atoms with E-state index in [-0.39, 0.29) is 25.7 Å². The number of halogens is 2. The van der Waals surface area contributed by atoms with Gasteiger partial charge in [0.1, 0.15) is 0 Å². The molecule has 0 saturated carbocycles. The van der Waals surface area contributed by atoms with Crippen LogP contribution in [0.1, 0.15) is 11.4 Å². The summed E-state index contributed by atoms with van der Waals surface area (Å²) >= 11 is 0. The van der Waals surface area contributed by atoms with Gasteiger partial charge in [-0.3, -0.25) is 13.8 Å². The number of nitrogens with zero attached hydrogens (tertiary/aromatic N) is 2. The van der Waals surface area contributed by atoms with E-state index >= 15 is 0 Å². The summed E-state index contributed by atoms with van der Waals surface area (Å²) in [7, 11) is 0. The van der Waals surface area contributed by atoms with E-state index in [0.29, 0.717) is 11.4 Å². The molecule has 2 nitrogen and oxygen atoms in total. The molecule has 2 aromatic rings. The molecule has 2 rings (SSSR count). The third-order valence-corrected chi connectivity index (χ3v) is 2.16. The average molecular weight is 411 g/mol. The van der Waals surface area contributed by atoms with E-state index in [1.807, 2.05) is 0 Å². The molecule has 0 fully saturated rings. The summed E-state index contributed by atoms with van der Waals surface area (Å²) in [6.45, 7) is 3.53. The molecule has 0 unspecified atom stereocenters. The maximum atomic E-state index is 13.5. The minimum Gasteiger partial charge on any atom is -0.301 e. The predicted molar refractivity (Wildman–Crippen MR) is 55.7 cm³/mol. The third-order valence-electron chi connectivity index (χ3n) is 2.16. The van der Waals surface area contributed by atoms with Crippen molar-refractivity contribution in [3.8, 4) is 11.3 Å². The molecule has 0 aliphatic heterocycles. The fourth-order valence-corrected chi connectivity index (χ4v) is 1.47. The van der Waals surface area contributed by atoms with Gasteiger partial charge in [0.25, 0.3) is 0 Å². The Kier molecular flexibility index (Phi) is 4.43. The van der Waals surface area contributed by atoms with Crippen molar-refractivity contribution in [2.45, 2.75) is 13.8 Å². The van der Waals surface area contributed by atoms with Gasteiger partial charge >= 0.3 is 0 Å². The van der Waals surface area contributed by atoms with Gasteiger partial charge in [0.05, 0.1) is 5.69 Å². The molecule has 1 aromatic carbocycles. The maximum absolute atomic E-state index is 13.5. The van der Waals surface area contributed by atoms with E-state index in [1.54, 1.807) is 20.0 Å². The van der Waals surface area contributed by atoms with Gasteiger partial charge in [-0.2, -0.15) is 0 Å². The van der Waals surface area contributed by atoms with E-state index in [4.69, 9.17) is 0 Å². The molecule has 17 heavy (non-hydrogen) atoms. The van der Waals surface area contributed by atoms with E-state index in [1.165, 1.54) is 0 Å². The normalized spacial score (nSPS) is 9.88. The molecule has 1 radical (unpaired) electrons.